The minimum Gasteiger partial charge on any atom is -0.204 e. The van der Waals surface area contributed by atoms with Crippen LogP contribution in [0.5, 0.6) is 0 Å². The van der Waals surface area contributed by atoms with E-state index in [0.717, 1.165) is 30.0 Å². The molecule has 2 heteroatoms. The maximum absolute atomic E-state index is 12.8. The second-order valence-electron chi connectivity index (χ2n) is 3.43. The second-order valence-corrected chi connectivity index (χ2v) is 3.43. The molecule has 0 saturated heterocycles. The summed E-state index contributed by atoms with van der Waals surface area (Å²) in [5, 5.41) is 0. The number of allylic oxidation sites excluding steroid dienone is 1. The van der Waals surface area contributed by atoms with E-state index >= 15 is 0 Å². The summed E-state index contributed by atoms with van der Waals surface area (Å²) in [6.07, 6.45) is 2.59. The molecule has 76 valence electrons. The first-order chi connectivity index (χ1) is 6.63. The lowest BCUT2D eigenvalue weighted by Gasteiger charge is -2.04. The van der Waals surface area contributed by atoms with Crippen LogP contribution in [0.3, 0.4) is 0 Å². The molecule has 0 saturated carbocycles. The van der Waals surface area contributed by atoms with E-state index in [4.69, 9.17) is 0 Å². The number of hydrogen-bond donors (Lipinski definition) is 0. The van der Waals surface area contributed by atoms with Crippen molar-refractivity contribution < 1.29 is 8.78 Å². The molecule has 0 bridgehead atoms. The van der Waals surface area contributed by atoms with Gasteiger partial charge in [-0.25, -0.2) is 8.78 Å². The van der Waals surface area contributed by atoms with Crippen LogP contribution in [0.2, 0.25) is 0 Å². The Kier molecular flexibility index (Phi) is 3.81. The van der Waals surface area contributed by atoms with Gasteiger partial charge in [-0.05, 0) is 30.5 Å². The van der Waals surface area contributed by atoms with Crippen molar-refractivity contribution in [2.45, 2.75) is 26.2 Å². The van der Waals surface area contributed by atoms with Crippen molar-refractivity contribution in [1.82, 2.24) is 0 Å². The maximum Gasteiger partial charge on any atom is 0.159 e. The van der Waals surface area contributed by atoms with Crippen molar-refractivity contribution in [1.29, 1.82) is 0 Å². The maximum atomic E-state index is 12.8. The zero-order valence-electron chi connectivity index (χ0n) is 8.32. The average molecular weight is 196 g/mol. The number of hydrogen-bond acceptors (Lipinski definition) is 0. The number of benzene rings is 1. The van der Waals surface area contributed by atoms with Crippen molar-refractivity contribution in [3.8, 4) is 0 Å². The smallest absolute Gasteiger partial charge is 0.159 e. The molecule has 0 aliphatic carbocycles. The summed E-state index contributed by atoms with van der Waals surface area (Å²) in [5.74, 6) is -1.58. The van der Waals surface area contributed by atoms with Gasteiger partial charge in [-0.3, -0.25) is 0 Å². The van der Waals surface area contributed by atoms with Crippen LogP contribution in [-0.2, 0) is 6.42 Å². The number of rotatable bonds is 4. The van der Waals surface area contributed by atoms with Crippen LogP contribution in [0.25, 0.3) is 0 Å². The molecule has 0 aliphatic rings. The molecule has 0 nitrogen and oxygen atoms in total. The molecule has 1 rings (SSSR count). The van der Waals surface area contributed by atoms with Crippen LogP contribution in [0.15, 0.2) is 30.4 Å². The fraction of sp³-hybridized carbons (Fsp3) is 0.333. The summed E-state index contributed by atoms with van der Waals surface area (Å²) in [6, 6.07) is 3.99. The third kappa shape index (κ3) is 2.95. The minimum atomic E-state index is -0.796. The Hall–Kier alpha value is -1.18. The topological polar surface area (TPSA) is 0 Å². The monoisotopic (exact) mass is 196 g/mol. The predicted octanol–water partition coefficient (Wildman–Crippen LogP) is 3.86. The SMILES string of the molecule is C=C(CCC)Cc1ccc(F)c(F)c1. The lowest BCUT2D eigenvalue weighted by Crippen LogP contribution is -1.92. The highest BCUT2D eigenvalue weighted by molar-refractivity contribution is 5.22. The van der Waals surface area contributed by atoms with E-state index in [0.29, 0.717) is 6.42 Å². The van der Waals surface area contributed by atoms with Crippen LogP contribution in [0.4, 0.5) is 8.78 Å². The summed E-state index contributed by atoms with van der Waals surface area (Å²) in [5.41, 5.74) is 1.83. The van der Waals surface area contributed by atoms with Gasteiger partial charge in [0.2, 0.25) is 0 Å². The molecule has 0 fully saturated rings. The summed E-state index contributed by atoms with van der Waals surface area (Å²) < 4.78 is 25.4. The van der Waals surface area contributed by atoms with Gasteiger partial charge < -0.3 is 0 Å². The van der Waals surface area contributed by atoms with Gasteiger partial charge in [0.1, 0.15) is 0 Å². The normalized spacial score (nSPS) is 10.2. The van der Waals surface area contributed by atoms with Crippen molar-refractivity contribution >= 4 is 0 Å². The van der Waals surface area contributed by atoms with Crippen LogP contribution in [0.1, 0.15) is 25.3 Å². The fourth-order valence-corrected chi connectivity index (χ4v) is 1.38. The second kappa shape index (κ2) is 4.89. The van der Waals surface area contributed by atoms with E-state index in [-0.39, 0.29) is 0 Å². The Morgan fingerprint density at radius 3 is 2.57 bits per heavy atom. The van der Waals surface area contributed by atoms with E-state index in [9.17, 15) is 8.78 Å². The molecular weight excluding hydrogens is 182 g/mol. The predicted molar refractivity (Wildman–Crippen MR) is 54.1 cm³/mol. The van der Waals surface area contributed by atoms with Crippen molar-refractivity contribution in [2.75, 3.05) is 0 Å². The summed E-state index contributed by atoms with van der Waals surface area (Å²) in [7, 11) is 0. The van der Waals surface area contributed by atoms with Crippen molar-refractivity contribution in [2.24, 2.45) is 0 Å². The molecule has 1 aromatic carbocycles. The molecule has 0 heterocycles. The van der Waals surface area contributed by atoms with Gasteiger partial charge in [0.15, 0.2) is 11.6 Å². The largest absolute Gasteiger partial charge is 0.204 e. The van der Waals surface area contributed by atoms with Gasteiger partial charge in [-0.15, -0.1) is 0 Å². The van der Waals surface area contributed by atoms with Gasteiger partial charge in [0.25, 0.3) is 0 Å². The highest BCUT2D eigenvalue weighted by Gasteiger charge is 2.03. The van der Waals surface area contributed by atoms with Gasteiger partial charge >= 0.3 is 0 Å². The van der Waals surface area contributed by atoms with Crippen LogP contribution in [0, 0.1) is 11.6 Å². The molecule has 14 heavy (non-hydrogen) atoms. The molecular formula is C12H14F2. The first kappa shape index (κ1) is 10.9. The van der Waals surface area contributed by atoms with Gasteiger partial charge in [0, 0.05) is 0 Å². The molecule has 0 aromatic heterocycles. The highest BCUT2D eigenvalue weighted by Crippen LogP contribution is 2.14. The molecule has 0 radical (unpaired) electrons. The minimum absolute atomic E-state index is 0.630. The first-order valence-corrected chi connectivity index (χ1v) is 4.74. The van der Waals surface area contributed by atoms with Crippen LogP contribution < -0.4 is 0 Å². The Bertz CT molecular complexity index is 329. The van der Waals surface area contributed by atoms with E-state index < -0.39 is 11.6 Å². The Balaban J connectivity index is 2.68. The molecule has 0 amide bonds. The highest BCUT2D eigenvalue weighted by atomic mass is 19.2. The molecule has 1 aromatic rings. The van der Waals surface area contributed by atoms with Crippen molar-refractivity contribution in [3.05, 3.63) is 47.5 Å². The Morgan fingerprint density at radius 2 is 2.00 bits per heavy atom. The van der Waals surface area contributed by atoms with Gasteiger partial charge in [0.05, 0.1) is 0 Å². The van der Waals surface area contributed by atoms with Gasteiger partial charge in [-0.2, -0.15) is 0 Å². The Morgan fingerprint density at radius 1 is 1.29 bits per heavy atom. The first-order valence-electron chi connectivity index (χ1n) is 4.74. The van der Waals surface area contributed by atoms with E-state index in [1.165, 1.54) is 6.07 Å². The third-order valence-electron chi connectivity index (χ3n) is 2.04. The molecule has 0 spiro atoms. The lowest BCUT2D eigenvalue weighted by molar-refractivity contribution is 0.507. The summed E-state index contributed by atoms with van der Waals surface area (Å²) in [4.78, 5) is 0. The van der Waals surface area contributed by atoms with E-state index in [1.54, 1.807) is 6.07 Å². The Labute approximate surface area is 83.3 Å². The lowest BCUT2D eigenvalue weighted by atomic mass is 10.0. The fourth-order valence-electron chi connectivity index (χ4n) is 1.38. The third-order valence-corrected chi connectivity index (χ3v) is 2.04. The molecule has 0 unspecified atom stereocenters. The summed E-state index contributed by atoms with van der Waals surface area (Å²) in [6.45, 7) is 5.94. The van der Waals surface area contributed by atoms with E-state index in [2.05, 4.69) is 13.5 Å². The van der Waals surface area contributed by atoms with Crippen LogP contribution in [-0.4, -0.2) is 0 Å². The zero-order chi connectivity index (χ0) is 10.6. The average Bonchev–Trinajstić information content (AvgIpc) is 2.12. The van der Waals surface area contributed by atoms with Gasteiger partial charge in [-0.1, -0.05) is 31.6 Å². The number of halogens is 2. The van der Waals surface area contributed by atoms with Crippen LogP contribution >= 0.6 is 0 Å². The van der Waals surface area contributed by atoms with E-state index in [1.807, 2.05) is 0 Å². The quantitative estimate of drug-likeness (QED) is 0.641. The molecule has 0 atom stereocenters. The molecule has 0 aliphatic heterocycles. The van der Waals surface area contributed by atoms with Crippen molar-refractivity contribution in [3.63, 3.8) is 0 Å². The standard InChI is InChI=1S/C12H14F2/c1-3-4-9(2)7-10-5-6-11(13)12(14)8-10/h5-6,8H,2-4,7H2,1H3. The zero-order valence-corrected chi connectivity index (χ0v) is 8.32. The summed E-state index contributed by atoms with van der Waals surface area (Å²) >= 11 is 0. The molecule has 0 N–H and O–H groups in total.